The lowest BCUT2D eigenvalue weighted by atomic mass is 9.71. The molecule has 0 amide bonds. The van der Waals surface area contributed by atoms with E-state index in [9.17, 15) is 9.90 Å². The third-order valence-corrected chi connectivity index (χ3v) is 4.52. The number of carboxylic acids is 1. The minimum atomic E-state index is -0.704. The van der Waals surface area contributed by atoms with Crippen LogP contribution >= 0.6 is 0 Å². The van der Waals surface area contributed by atoms with Gasteiger partial charge in [0.2, 0.25) is 0 Å². The molecular weight excluding hydrogens is 256 g/mol. The second kappa shape index (κ2) is 5.44. The maximum absolute atomic E-state index is 11.7. The molecular formula is C16H20O4. The molecule has 20 heavy (non-hydrogen) atoms. The summed E-state index contributed by atoms with van der Waals surface area (Å²) in [6.07, 6.45) is 4.01. The minimum Gasteiger partial charge on any atom is -0.494 e. The number of aliphatic carboxylic acids is 1. The highest BCUT2D eigenvalue weighted by Gasteiger charge is 2.56. The van der Waals surface area contributed by atoms with Gasteiger partial charge in [0.1, 0.15) is 5.75 Å². The van der Waals surface area contributed by atoms with Gasteiger partial charge in [0.25, 0.3) is 0 Å². The first-order valence-electron chi connectivity index (χ1n) is 7.27. The highest BCUT2D eigenvalue weighted by molar-refractivity contribution is 5.76. The first kappa shape index (κ1) is 13.4. The minimum absolute atomic E-state index is 0.0956. The SMILES string of the molecule is O=C(O)C1(CCCOc2ccccc2)CC2CCC1O2. The average Bonchev–Trinajstić information content (AvgIpc) is 3.06. The molecule has 0 saturated carbocycles. The summed E-state index contributed by atoms with van der Waals surface area (Å²) >= 11 is 0. The molecule has 1 aromatic carbocycles. The van der Waals surface area contributed by atoms with Crippen molar-refractivity contribution < 1.29 is 19.4 Å². The lowest BCUT2D eigenvalue weighted by Gasteiger charge is -2.30. The van der Waals surface area contributed by atoms with Crippen molar-refractivity contribution in [2.45, 2.75) is 44.3 Å². The zero-order chi connectivity index (χ0) is 14.0. The van der Waals surface area contributed by atoms with Crippen molar-refractivity contribution in [2.75, 3.05) is 6.61 Å². The summed E-state index contributed by atoms with van der Waals surface area (Å²) in [5, 5.41) is 9.58. The highest BCUT2D eigenvalue weighted by atomic mass is 16.5. The monoisotopic (exact) mass is 276 g/mol. The second-order valence-electron chi connectivity index (χ2n) is 5.75. The first-order chi connectivity index (χ1) is 9.71. The fraction of sp³-hybridized carbons (Fsp3) is 0.562. The number of para-hydroxylation sites is 1. The van der Waals surface area contributed by atoms with Crippen molar-refractivity contribution >= 4 is 5.97 Å². The van der Waals surface area contributed by atoms with Gasteiger partial charge >= 0.3 is 5.97 Å². The van der Waals surface area contributed by atoms with Crippen molar-refractivity contribution in [3.63, 3.8) is 0 Å². The molecule has 2 aliphatic heterocycles. The molecule has 0 aromatic heterocycles. The Morgan fingerprint density at radius 3 is 2.75 bits per heavy atom. The van der Waals surface area contributed by atoms with Gasteiger partial charge in [-0.05, 0) is 44.2 Å². The van der Waals surface area contributed by atoms with Gasteiger partial charge in [-0.2, -0.15) is 0 Å². The maximum atomic E-state index is 11.7. The molecule has 0 spiro atoms. The summed E-state index contributed by atoms with van der Waals surface area (Å²) in [6.45, 7) is 0.552. The lowest BCUT2D eigenvalue weighted by molar-refractivity contribution is -0.153. The van der Waals surface area contributed by atoms with Crippen molar-refractivity contribution in [2.24, 2.45) is 5.41 Å². The van der Waals surface area contributed by atoms with Gasteiger partial charge < -0.3 is 14.6 Å². The fourth-order valence-corrected chi connectivity index (χ4v) is 3.49. The Morgan fingerprint density at radius 1 is 1.35 bits per heavy atom. The number of carbonyl (C=O) groups is 1. The van der Waals surface area contributed by atoms with Crippen LogP contribution in [0.15, 0.2) is 30.3 Å². The molecule has 4 nitrogen and oxygen atoms in total. The smallest absolute Gasteiger partial charge is 0.312 e. The van der Waals surface area contributed by atoms with Crippen molar-refractivity contribution in [3.05, 3.63) is 30.3 Å². The summed E-state index contributed by atoms with van der Waals surface area (Å²) in [5.74, 6) is 0.130. The summed E-state index contributed by atoms with van der Waals surface area (Å²) in [4.78, 5) is 11.7. The van der Waals surface area contributed by atoms with Crippen LogP contribution in [0.3, 0.4) is 0 Å². The van der Waals surface area contributed by atoms with E-state index in [2.05, 4.69) is 0 Å². The molecule has 3 unspecified atom stereocenters. The van der Waals surface area contributed by atoms with Crippen LogP contribution in [-0.4, -0.2) is 29.9 Å². The number of hydrogen-bond acceptors (Lipinski definition) is 3. The van der Waals surface area contributed by atoms with Crippen LogP contribution in [0.5, 0.6) is 5.75 Å². The summed E-state index contributed by atoms with van der Waals surface area (Å²) in [7, 11) is 0. The normalized spacial score (nSPS) is 31.4. The third-order valence-electron chi connectivity index (χ3n) is 4.52. The number of benzene rings is 1. The Kier molecular flexibility index (Phi) is 3.66. The fourth-order valence-electron chi connectivity index (χ4n) is 3.49. The molecule has 2 bridgehead atoms. The molecule has 3 rings (SSSR count). The summed E-state index contributed by atoms with van der Waals surface area (Å²) in [6, 6.07) is 9.62. The van der Waals surface area contributed by atoms with Crippen molar-refractivity contribution in [1.82, 2.24) is 0 Å². The van der Waals surface area contributed by atoms with E-state index < -0.39 is 11.4 Å². The molecule has 2 saturated heterocycles. The van der Waals surface area contributed by atoms with Gasteiger partial charge in [0, 0.05) is 0 Å². The Hall–Kier alpha value is -1.55. The topological polar surface area (TPSA) is 55.8 Å². The predicted molar refractivity (Wildman–Crippen MR) is 73.8 cm³/mol. The van der Waals surface area contributed by atoms with Gasteiger partial charge in [-0.25, -0.2) is 0 Å². The largest absolute Gasteiger partial charge is 0.494 e. The number of hydrogen-bond donors (Lipinski definition) is 1. The van der Waals surface area contributed by atoms with Gasteiger partial charge in [-0.3, -0.25) is 4.79 Å². The Balaban J connectivity index is 1.53. The molecule has 108 valence electrons. The van der Waals surface area contributed by atoms with Gasteiger partial charge in [0.05, 0.1) is 24.2 Å². The standard InChI is InChI=1S/C16H20O4/c17-15(18)16(11-13-7-8-14(16)20-13)9-4-10-19-12-5-2-1-3-6-12/h1-3,5-6,13-14H,4,7-11H2,(H,17,18). The molecule has 0 aliphatic carbocycles. The lowest BCUT2D eigenvalue weighted by Crippen LogP contribution is -2.40. The third kappa shape index (κ3) is 2.40. The van der Waals surface area contributed by atoms with Gasteiger partial charge in [-0.15, -0.1) is 0 Å². The van der Waals surface area contributed by atoms with Crippen LogP contribution in [0, 0.1) is 5.41 Å². The molecule has 2 heterocycles. The summed E-state index contributed by atoms with van der Waals surface area (Å²) in [5.41, 5.74) is -0.678. The molecule has 1 N–H and O–H groups in total. The van der Waals surface area contributed by atoms with Crippen LogP contribution in [0.1, 0.15) is 32.1 Å². The van der Waals surface area contributed by atoms with Gasteiger partial charge in [0.15, 0.2) is 0 Å². The number of rotatable bonds is 6. The van der Waals surface area contributed by atoms with E-state index in [4.69, 9.17) is 9.47 Å². The average molecular weight is 276 g/mol. The Morgan fingerprint density at radius 2 is 2.15 bits per heavy atom. The van der Waals surface area contributed by atoms with E-state index in [1.165, 1.54) is 0 Å². The van der Waals surface area contributed by atoms with Crippen molar-refractivity contribution in [3.8, 4) is 5.75 Å². The van der Waals surface area contributed by atoms with E-state index in [1.807, 2.05) is 30.3 Å². The molecule has 0 radical (unpaired) electrons. The van der Waals surface area contributed by atoms with Crippen LogP contribution in [0.2, 0.25) is 0 Å². The van der Waals surface area contributed by atoms with Crippen molar-refractivity contribution in [1.29, 1.82) is 0 Å². The number of fused-ring (bicyclic) bond motifs is 2. The van der Waals surface area contributed by atoms with Crippen LogP contribution in [0.25, 0.3) is 0 Å². The van der Waals surface area contributed by atoms with Gasteiger partial charge in [-0.1, -0.05) is 18.2 Å². The highest BCUT2D eigenvalue weighted by Crippen LogP contribution is 2.50. The van der Waals surface area contributed by atoms with Crippen LogP contribution in [0.4, 0.5) is 0 Å². The Bertz CT molecular complexity index is 473. The molecule has 2 aliphatic rings. The van der Waals surface area contributed by atoms with Crippen LogP contribution in [-0.2, 0) is 9.53 Å². The van der Waals surface area contributed by atoms with Crippen LogP contribution < -0.4 is 4.74 Å². The predicted octanol–water partition coefficient (Wildman–Crippen LogP) is 2.87. The molecule has 3 atom stereocenters. The molecule has 2 fully saturated rings. The zero-order valence-electron chi connectivity index (χ0n) is 11.5. The number of ether oxygens (including phenoxy) is 2. The second-order valence-corrected chi connectivity index (χ2v) is 5.75. The summed E-state index contributed by atoms with van der Waals surface area (Å²) < 4.78 is 11.4. The van der Waals surface area contributed by atoms with E-state index in [1.54, 1.807) is 0 Å². The van der Waals surface area contributed by atoms with E-state index in [0.717, 1.165) is 25.0 Å². The molecule has 4 heteroatoms. The number of carboxylic acid groups (broad SMARTS) is 1. The first-order valence-corrected chi connectivity index (χ1v) is 7.27. The van der Waals surface area contributed by atoms with E-state index >= 15 is 0 Å². The Labute approximate surface area is 118 Å². The van der Waals surface area contributed by atoms with E-state index in [-0.39, 0.29) is 12.2 Å². The zero-order valence-corrected chi connectivity index (χ0v) is 11.5. The maximum Gasteiger partial charge on any atom is 0.312 e. The molecule has 1 aromatic rings. The quantitative estimate of drug-likeness (QED) is 0.812. The van der Waals surface area contributed by atoms with E-state index in [0.29, 0.717) is 19.4 Å².